The van der Waals surface area contributed by atoms with E-state index in [1.807, 2.05) is 0 Å². The highest BCUT2D eigenvalue weighted by molar-refractivity contribution is 5.90. The van der Waals surface area contributed by atoms with Gasteiger partial charge in [0.2, 0.25) is 0 Å². The Kier molecular flexibility index (Phi) is 2.27. The van der Waals surface area contributed by atoms with Crippen molar-refractivity contribution in [3.63, 3.8) is 0 Å². The van der Waals surface area contributed by atoms with E-state index in [-0.39, 0.29) is 35.6 Å². The molecule has 6 aliphatic heterocycles. The van der Waals surface area contributed by atoms with Crippen molar-refractivity contribution >= 4 is 17.5 Å². The number of hydrogen-bond donors (Lipinski definition) is 0. The number of fused-ring (bicyclic) bond motifs is 6. The molecule has 7 nitrogen and oxygen atoms in total. The Morgan fingerprint density at radius 1 is 1.08 bits per heavy atom. The van der Waals surface area contributed by atoms with Gasteiger partial charge in [0.15, 0.2) is 11.6 Å². The molecule has 6 heterocycles. The molecule has 0 aromatic rings. The Morgan fingerprint density at radius 3 is 2.50 bits per heavy atom. The number of carbonyl (C=O) groups excluding carboxylic acids is 3. The van der Waals surface area contributed by atoms with Crippen molar-refractivity contribution in [2.75, 3.05) is 6.61 Å². The summed E-state index contributed by atoms with van der Waals surface area (Å²) in [5.41, 5.74) is -1.33. The van der Waals surface area contributed by atoms with Crippen LogP contribution in [0.25, 0.3) is 0 Å². The first-order valence-electron chi connectivity index (χ1n) is 8.65. The highest BCUT2D eigenvalue weighted by Crippen LogP contribution is 2.71. The van der Waals surface area contributed by atoms with Crippen LogP contribution in [0, 0.1) is 17.3 Å². The fourth-order valence-corrected chi connectivity index (χ4v) is 6.78. The fourth-order valence-electron chi connectivity index (χ4n) is 6.78. The molecule has 7 aliphatic rings. The van der Waals surface area contributed by atoms with Crippen LogP contribution in [0.3, 0.4) is 0 Å². The van der Waals surface area contributed by atoms with Gasteiger partial charge < -0.3 is 18.9 Å². The molecule has 24 heavy (non-hydrogen) atoms. The third-order valence-corrected chi connectivity index (χ3v) is 7.28. The summed E-state index contributed by atoms with van der Waals surface area (Å²) in [7, 11) is 0. The van der Waals surface area contributed by atoms with Crippen molar-refractivity contribution in [1.82, 2.24) is 0 Å². The summed E-state index contributed by atoms with van der Waals surface area (Å²) in [4.78, 5) is 36.4. The molecule has 2 spiro atoms. The number of carbonyl (C=O) groups is 3. The zero-order valence-corrected chi connectivity index (χ0v) is 13.2. The molecule has 1 aliphatic carbocycles. The molecular weight excluding hydrogens is 316 g/mol. The molecule has 1 saturated carbocycles. The third-order valence-electron chi connectivity index (χ3n) is 7.28. The van der Waals surface area contributed by atoms with Crippen LogP contribution in [-0.2, 0) is 33.3 Å². The average Bonchev–Trinajstić information content (AvgIpc) is 3.23. The first-order valence-corrected chi connectivity index (χ1v) is 8.65. The Labute approximate surface area is 137 Å². The zero-order valence-electron chi connectivity index (χ0n) is 13.2. The average molecular weight is 334 g/mol. The van der Waals surface area contributed by atoms with Crippen LogP contribution >= 0.6 is 0 Å². The number of hydrogen-bond acceptors (Lipinski definition) is 7. The summed E-state index contributed by atoms with van der Waals surface area (Å²) in [6.45, 7) is 1.74. The van der Waals surface area contributed by atoms with Gasteiger partial charge in [0.25, 0.3) is 0 Å². The van der Waals surface area contributed by atoms with Crippen LogP contribution < -0.4 is 0 Å². The Bertz CT molecular complexity index is 703. The van der Waals surface area contributed by atoms with Crippen molar-refractivity contribution in [3.8, 4) is 0 Å². The predicted octanol–water partition coefficient (Wildman–Crippen LogP) is -0.210. The number of rotatable bonds is 1. The molecule has 9 atom stereocenters. The molecule has 7 fully saturated rings. The predicted molar refractivity (Wildman–Crippen MR) is 74.8 cm³/mol. The minimum absolute atomic E-state index is 0.0305. The molecule has 128 valence electrons. The van der Waals surface area contributed by atoms with Crippen LogP contribution in [0.5, 0.6) is 0 Å². The summed E-state index contributed by atoms with van der Waals surface area (Å²) < 4.78 is 23.9. The lowest BCUT2D eigenvalue weighted by atomic mass is 9.46. The van der Waals surface area contributed by atoms with Crippen LogP contribution in [0.4, 0.5) is 0 Å². The molecule has 7 heteroatoms. The van der Waals surface area contributed by atoms with Crippen molar-refractivity contribution < 1.29 is 33.3 Å². The normalized spacial score (nSPS) is 59.0. The van der Waals surface area contributed by atoms with Gasteiger partial charge in [-0.1, -0.05) is 0 Å². The van der Waals surface area contributed by atoms with Gasteiger partial charge in [0.1, 0.15) is 23.9 Å². The summed E-state index contributed by atoms with van der Waals surface area (Å²) >= 11 is 0. The zero-order chi connectivity index (χ0) is 16.4. The van der Waals surface area contributed by atoms with E-state index in [0.29, 0.717) is 25.9 Å². The van der Waals surface area contributed by atoms with Gasteiger partial charge in [0, 0.05) is 37.0 Å². The molecule has 6 bridgehead atoms. The first kappa shape index (κ1) is 13.9. The molecule has 0 amide bonds. The van der Waals surface area contributed by atoms with E-state index in [1.54, 1.807) is 0 Å². The van der Waals surface area contributed by atoms with Gasteiger partial charge in [-0.3, -0.25) is 14.4 Å². The molecule has 6 saturated heterocycles. The second-order valence-corrected chi connectivity index (χ2v) is 8.18. The van der Waals surface area contributed by atoms with Crippen molar-refractivity contribution in [2.45, 2.75) is 62.3 Å². The summed E-state index contributed by atoms with van der Waals surface area (Å²) in [6.07, 6.45) is -0.696. The lowest BCUT2D eigenvalue weighted by Gasteiger charge is -2.63. The minimum Gasteiger partial charge on any atom is -0.459 e. The molecular formula is C17H18O7. The highest BCUT2D eigenvalue weighted by atomic mass is 16.6. The molecule has 0 N–H and O–H groups in total. The van der Waals surface area contributed by atoms with E-state index in [2.05, 4.69) is 0 Å². The highest BCUT2D eigenvalue weighted by Gasteiger charge is 2.83. The van der Waals surface area contributed by atoms with E-state index < -0.39 is 35.3 Å². The van der Waals surface area contributed by atoms with Gasteiger partial charge in [-0.2, -0.15) is 0 Å². The van der Waals surface area contributed by atoms with Gasteiger partial charge in [-0.25, -0.2) is 0 Å². The quantitative estimate of drug-likeness (QED) is 0.613. The largest absolute Gasteiger partial charge is 0.459 e. The topological polar surface area (TPSA) is 88.1 Å². The minimum atomic E-state index is -0.894. The SMILES string of the molecule is CC(=O)O[C@@H]1C[C@@]23CO[C@]14[C@@H]([C@H]2[C@@H]1CC(=O)[C@H]3O1)[C@@H]1CC(=O)[C@H]4O1. The number of Topliss-reactive ketones (excluding diaryl/α,β-unsaturated/α-hetero) is 2. The van der Waals surface area contributed by atoms with E-state index in [4.69, 9.17) is 18.9 Å². The molecule has 0 radical (unpaired) electrons. The van der Waals surface area contributed by atoms with Crippen LogP contribution in [0.15, 0.2) is 0 Å². The maximum absolute atomic E-state index is 12.4. The maximum atomic E-state index is 12.4. The standard InChI is InChI=1S/C17H18O7/c1-6(18)22-11-4-16-5-21-17(11)13(10-3-8(20)15(17)24-10)12(16)9-2-7(19)14(16)23-9/h9-15H,2-5H2,1H3/t9-,10-,11+,12+,13+,14+,15+,16+,17-/m0/s1. The third kappa shape index (κ3) is 1.23. The lowest BCUT2D eigenvalue weighted by molar-refractivity contribution is -0.294. The second-order valence-electron chi connectivity index (χ2n) is 8.18. The number of esters is 1. The Morgan fingerprint density at radius 2 is 1.75 bits per heavy atom. The van der Waals surface area contributed by atoms with Crippen LogP contribution in [-0.4, -0.2) is 60.3 Å². The monoisotopic (exact) mass is 334 g/mol. The molecule has 0 aromatic heterocycles. The van der Waals surface area contributed by atoms with Crippen LogP contribution in [0.2, 0.25) is 0 Å². The Balaban J connectivity index is 1.53. The lowest BCUT2D eigenvalue weighted by Crippen LogP contribution is -2.76. The summed E-state index contributed by atoms with van der Waals surface area (Å²) in [6, 6.07) is 0. The van der Waals surface area contributed by atoms with Gasteiger partial charge in [-0.15, -0.1) is 0 Å². The number of ether oxygens (including phenoxy) is 4. The van der Waals surface area contributed by atoms with Gasteiger partial charge in [0.05, 0.1) is 18.8 Å². The van der Waals surface area contributed by atoms with Gasteiger partial charge >= 0.3 is 5.97 Å². The summed E-state index contributed by atoms with van der Waals surface area (Å²) in [5.74, 6) is -0.152. The van der Waals surface area contributed by atoms with Crippen molar-refractivity contribution in [3.05, 3.63) is 0 Å². The van der Waals surface area contributed by atoms with E-state index >= 15 is 0 Å². The summed E-state index contributed by atoms with van der Waals surface area (Å²) in [5, 5.41) is 0. The smallest absolute Gasteiger partial charge is 0.303 e. The van der Waals surface area contributed by atoms with E-state index in [9.17, 15) is 14.4 Å². The van der Waals surface area contributed by atoms with E-state index in [0.717, 1.165) is 0 Å². The molecule has 0 aromatic carbocycles. The number of ketones is 2. The van der Waals surface area contributed by atoms with Crippen LogP contribution in [0.1, 0.15) is 26.2 Å². The van der Waals surface area contributed by atoms with Crippen molar-refractivity contribution in [2.24, 2.45) is 17.3 Å². The Hall–Kier alpha value is -1.31. The maximum Gasteiger partial charge on any atom is 0.303 e. The second kappa shape index (κ2) is 3.92. The van der Waals surface area contributed by atoms with Gasteiger partial charge in [-0.05, 0) is 6.42 Å². The van der Waals surface area contributed by atoms with Crippen molar-refractivity contribution in [1.29, 1.82) is 0 Å². The van der Waals surface area contributed by atoms with E-state index in [1.165, 1.54) is 6.92 Å². The fraction of sp³-hybridized carbons (Fsp3) is 0.824. The molecule has 0 unspecified atom stereocenters. The molecule has 7 rings (SSSR count). The first-order chi connectivity index (χ1) is 11.5.